The van der Waals surface area contributed by atoms with E-state index in [0.717, 1.165) is 0 Å². The van der Waals surface area contributed by atoms with Crippen LogP contribution in [0.5, 0.6) is 0 Å². The van der Waals surface area contributed by atoms with Crippen molar-refractivity contribution in [3.8, 4) is 0 Å². The number of hydrogen-bond donors (Lipinski definition) is 6. The largest absolute Gasteiger partial charge is 0.481 e. The SMILES string of the molecule is CC(NC(=O)C(NC(=O)C(C)NC(=O)C(N)CC(=O)O)C(C)C)C(=O)O. The quantitative estimate of drug-likeness (QED) is 0.254. The minimum atomic E-state index is -1.32. The van der Waals surface area contributed by atoms with E-state index in [9.17, 15) is 24.0 Å². The number of hydrogen-bond acceptors (Lipinski definition) is 6. The number of nitrogens with two attached hydrogens (primary N) is 1. The third-order valence-electron chi connectivity index (χ3n) is 3.46. The minimum Gasteiger partial charge on any atom is -0.481 e. The molecule has 0 aliphatic carbocycles. The second-order valence-electron chi connectivity index (χ2n) is 6.23. The van der Waals surface area contributed by atoms with Crippen LogP contribution in [0.2, 0.25) is 0 Å². The maximum atomic E-state index is 12.2. The van der Waals surface area contributed by atoms with E-state index in [1.807, 2.05) is 0 Å². The number of nitrogens with one attached hydrogen (secondary N) is 3. The van der Waals surface area contributed by atoms with Crippen LogP contribution in [0.4, 0.5) is 0 Å². The average molecular weight is 374 g/mol. The number of rotatable bonds is 10. The predicted molar refractivity (Wildman–Crippen MR) is 89.8 cm³/mol. The van der Waals surface area contributed by atoms with Crippen LogP contribution in [0, 0.1) is 5.92 Å². The zero-order valence-electron chi connectivity index (χ0n) is 15.1. The maximum Gasteiger partial charge on any atom is 0.325 e. The number of carboxylic acids is 2. The summed E-state index contributed by atoms with van der Waals surface area (Å²) in [5.41, 5.74) is 5.40. The number of carbonyl (C=O) groups is 5. The maximum absolute atomic E-state index is 12.2. The zero-order chi connectivity index (χ0) is 20.6. The highest BCUT2D eigenvalue weighted by molar-refractivity contribution is 5.94. The molecule has 0 radical (unpaired) electrons. The van der Waals surface area contributed by atoms with E-state index >= 15 is 0 Å². The van der Waals surface area contributed by atoms with Gasteiger partial charge in [0.2, 0.25) is 17.7 Å². The first-order chi connectivity index (χ1) is 11.9. The summed E-state index contributed by atoms with van der Waals surface area (Å²) in [5, 5.41) is 24.4. The van der Waals surface area contributed by atoms with E-state index in [1.165, 1.54) is 13.8 Å². The molecule has 11 nitrogen and oxygen atoms in total. The summed E-state index contributed by atoms with van der Waals surface area (Å²) in [6.07, 6.45) is -0.593. The Kier molecular flexibility index (Phi) is 9.27. The molecule has 3 amide bonds. The molecule has 4 atom stereocenters. The highest BCUT2D eigenvalue weighted by Gasteiger charge is 2.29. The molecule has 0 aromatic rings. The number of carbonyl (C=O) groups excluding carboxylic acids is 3. The summed E-state index contributed by atoms with van der Waals surface area (Å²) in [7, 11) is 0. The van der Waals surface area contributed by atoms with Gasteiger partial charge in [-0.2, -0.15) is 0 Å². The Morgan fingerprint density at radius 3 is 1.73 bits per heavy atom. The molecule has 4 unspecified atom stereocenters. The average Bonchev–Trinajstić information content (AvgIpc) is 2.50. The standard InChI is InChI=1S/C15H26N4O7/c1-6(2)11(14(24)18-8(4)15(25)26)19-12(22)7(3)17-13(23)9(16)5-10(20)21/h6-9,11H,5,16H2,1-4H3,(H,17,23)(H,18,24)(H,19,22)(H,20,21)(H,25,26). The first-order valence-electron chi connectivity index (χ1n) is 7.98. The molecular weight excluding hydrogens is 348 g/mol. The van der Waals surface area contributed by atoms with Crippen molar-refractivity contribution in [2.24, 2.45) is 11.7 Å². The lowest BCUT2D eigenvalue weighted by Gasteiger charge is -2.25. The lowest BCUT2D eigenvalue weighted by molar-refractivity contribution is -0.142. The van der Waals surface area contributed by atoms with E-state index in [-0.39, 0.29) is 5.92 Å². The Morgan fingerprint density at radius 1 is 0.808 bits per heavy atom. The van der Waals surface area contributed by atoms with Gasteiger partial charge in [0.15, 0.2) is 0 Å². The number of amides is 3. The van der Waals surface area contributed by atoms with Gasteiger partial charge in [0.25, 0.3) is 0 Å². The van der Waals surface area contributed by atoms with Crippen molar-refractivity contribution in [3.05, 3.63) is 0 Å². The van der Waals surface area contributed by atoms with Gasteiger partial charge in [-0.1, -0.05) is 13.8 Å². The molecule has 0 aliphatic heterocycles. The molecule has 0 saturated heterocycles. The van der Waals surface area contributed by atoms with Gasteiger partial charge in [0.05, 0.1) is 12.5 Å². The van der Waals surface area contributed by atoms with Gasteiger partial charge in [0, 0.05) is 0 Å². The number of aliphatic carboxylic acids is 2. The van der Waals surface area contributed by atoms with E-state index in [4.69, 9.17) is 15.9 Å². The molecule has 0 aromatic heterocycles. The summed E-state index contributed by atoms with van der Waals surface area (Å²) in [6, 6.07) is -4.54. The summed E-state index contributed by atoms with van der Waals surface area (Å²) < 4.78 is 0. The van der Waals surface area contributed by atoms with Crippen LogP contribution in [-0.4, -0.2) is 64.0 Å². The van der Waals surface area contributed by atoms with E-state index in [0.29, 0.717) is 0 Å². The lowest BCUT2D eigenvalue weighted by atomic mass is 10.0. The Morgan fingerprint density at radius 2 is 1.31 bits per heavy atom. The molecule has 0 fully saturated rings. The van der Waals surface area contributed by atoms with Crippen molar-refractivity contribution < 1.29 is 34.2 Å². The van der Waals surface area contributed by atoms with Crippen LogP contribution in [0.15, 0.2) is 0 Å². The van der Waals surface area contributed by atoms with Crippen LogP contribution >= 0.6 is 0 Å². The first-order valence-corrected chi connectivity index (χ1v) is 7.98. The Balaban J connectivity index is 4.84. The molecule has 0 saturated carbocycles. The molecule has 11 heteroatoms. The smallest absolute Gasteiger partial charge is 0.325 e. The lowest BCUT2D eigenvalue weighted by Crippen LogP contribution is -2.57. The molecular formula is C15H26N4O7. The van der Waals surface area contributed by atoms with Gasteiger partial charge in [-0.05, 0) is 19.8 Å². The van der Waals surface area contributed by atoms with Crippen LogP contribution in [-0.2, 0) is 24.0 Å². The van der Waals surface area contributed by atoms with Gasteiger partial charge in [-0.3, -0.25) is 24.0 Å². The van der Waals surface area contributed by atoms with Crippen LogP contribution in [0.25, 0.3) is 0 Å². The van der Waals surface area contributed by atoms with Crippen LogP contribution in [0.1, 0.15) is 34.1 Å². The summed E-state index contributed by atoms with van der Waals surface area (Å²) in [6.45, 7) is 5.94. The van der Waals surface area contributed by atoms with Crippen molar-refractivity contribution in [2.45, 2.75) is 58.3 Å². The van der Waals surface area contributed by atoms with E-state index in [1.54, 1.807) is 13.8 Å². The topological polar surface area (TPSA) is 188 Å². The Bertz CT molecular complexity index is 564. The van der Waals surface area contributed by atoms with E-state index in [2.05, 4.69) is 16.0 Å². The molecule has 0 spiro atoms. The first kappa shape index (κ1) is 23.3. The second-order valence-corrected chi connectivity index (χ2v) is 6.23. The van der Waals surface area contributed by atoms with Crippen molar-refractivity contribution >= 4 is 29.7 Å². The summed E-state index contributed by atoms with van der Waals surface area (Å²) in [5.74, 6) is -5.02. The van der Waals surface area contributed by atoms with Gasteiger partial charge in [-0.15, -0.1) is 0 Å². The molecule has 0 aliphatic rings. The van der Waals surface area contributed by atoms with Gasteiger partial charge in [0.1, 0.15) is 18.1 Å². The third kappa shape index (κ3) is 7.92. The minimum absolute atomic E-state index is 0.350. The molecule has 0 bridgehead atoms. The van der Waals surface area contributed by atoms with Crippen molar-refractivity contribution in [2.75, 3.05) is 0 Å². The number of carboxylic acid groups (broad SMARTS) is 2. The molecule has 0 aromatic carbocycles. The van der Waals surface area contributed by atoms with E-state index < -0.39 is 60.2 Å². The monoisotopic (exact) mass is 374 g/mol. The fraction of sp³-hybridized carbons (Fsp3) is 0.667. The molecule has 7 N–H and O–H groups in total. The highest BCUT2D eigenvalue weighted by Crippen LogP contribution is 2.03. The van der Waals surface area contributed by atoms with Crippen LogP contribution < -0.4 is 21.7 Å². The fourth-order valence-corrected chi connectivity index (χ4v) is 1.84. The molecule has 0 heterocycles. The van der Waals surface area contributed by atoms with Crippen molar-refractivity contribution in [1.82, 2.24) is 16.0 Å². The normalized spacial score (nSPS) is 15.3. The van der Waals surface area contributed by atoms with Crippen molar-refractivity contribution in [1.29, 1.82) is 0 Å². The Labute approximate surface area is 150 Å². The van der Waals surface area contributed by atoms with Gasteiger partial charge < -0.3 is 31.9 Å². The fourth-order valence-electron chi connectivity index (χ4n) is 1.84. The predicted octanol–water partition coefficient (Wildman–Crippen LogP) is -1.98. The summed E-state index contributed by atoms with van der Waals surface area (Å²) in [4.78, 5) is 57.4. The molecule has 26 heavy (non-hydrogen) atoms. The second kappa shape index (κ2) is 10.3. The van der Waals surface area contributed by atoms with Crippen LogP contribution in [0.3, 0.4) is 0 Å². The molecule has 148 valence electrons. The summed E-state index contributed by atoms with van der Waals surface area (Å²) >= 11 is 0. The van der Waals surface area contributed by atoms with Crippen molar-refractivity contribution in [3.63, 3.8) is 0 Å². The highest BCUT2D eigenvalue weighted by atomic mass is 16.4. The van der Waals surface area contributed by atoms with Gasteiger partial charge >= 0.3 is 11.9 Å². The Hall–Kier alpha value is -2.69. The third-order valence-corrected chi connectivity index (χ3v) is 3.46. The van der Waals surface area contributed by atoms with Gasteiger partial charge in [-0.25, -0.2) is 0 Å². The molecule has 0 rings (SSSR count). The zero-order valence-corrected chi connectivity index (χ0v) is 15.1.